The maximum Gasteiger partial charge on any atom is 0.248 e. The lowest BCUT2D eigenvalue weighted by Crippen LogP contribution is -2.27. The summed E-state index contributed by atoms with van der Waals surface area (Å²) in [5.41, 5.74) is 7.65. The summed E-state index contributed by atoms with van der Waals surface area (Å²) in [6.45, 7) is 0. The standard InChI is InChI=1S/C14H13N3OS/c1-17-11-8-9(19-12-4-2-3-7-16-12)5-6-10(11)13(15)14(17)18/h2-8,13H,15H2,1H3. The molecule has 5 heteroatoms. The van der Waals surface area contributed by atoms with Crippen molar-refractivity contribution in [2.75, 3.05) is 11.9 Å². The highest BCUT2D eigenvalue weighted by Crippen LogP contribution is 2.37. The van der Waals surface area contributed by atoms with Crippen LogP contribution in [0.25, 0.3) is 0 Å². The topological polar surface area (TPSA) is 59.2 Å². The molecule has 19 heavy (non-hydrogen) atoms. The molecule has 1 aliphatic heterocycles. The summed E-state index contributed by atoms with van der Waals surface area (Å²) >= 11 is 1.57. The highest BCUT2D eigenvalue weighted by Gasteiger charge is 2.32. The number of rotatable bonds is 2. The van der Waals surface area contributed by atoms with Crippen molar-refractivity contribution in [3.63, 3.8) is 0 Å². The molecule has 96 valence electrons. The van der Waals surface area contributed by atoms with Crippen LogP contribution >= 0.6 is 11.8 Å². The van der Waals surface area contributed by atoms with Crippen LogP contribution in [0, 0.1) is 0 Å². The van der Waals surface area contributed by atoms with Gasteiger partial charge >= 0.3 is 0 Å². The minimum absolute atomic E-state index is 0.0602. The van der Waals surface area contributed by atoms with E-state index >= 15 is 0 Å². The van der Waals surface area contributed by atoms with E-state index in [1.165, 1.54) is 0 Å². The highest BCUT2D eigenvalue weighted by molar-refractivity contribution is 7.99. The number of fused-ring (bicyclic) bond motifs is 1. The molecule has 1 aliphatic rings. The van der Waals surface area contributed by atoms with Crippen LogP contribution in [0.1, 0.15) is 11.6 Å². The van der Waals surface area contributed by atoms with E-state index in [-0.39, 0.29) is 5.91 Å². The molecule has 1 aromatic heterocycles. The van der Waals surface area contributed by atoms with Gasteiger partial charge < -0.3 is 10.6 Å². The van der Waals surface area contributed by atoms with Gasteiger partial charge in [-0.05, 0) is 24.3 Å². The molecule has 1 atom stereocenters. The van der Waals surface area contributed by atoms with Crippen LogP contribution < -0.4 is 10.6 Å². The first-order chi connectivity index (χ1) is 9.16. The van der Waals surface area contributed by atoms with Crippen molar-refractivity contribution in [1.29, 1.82) is 0 Å². The third-order valence-corrected chi connectivity index (χ3v) is 4.10. The van der Waals surface area contributed by atoms with Gasteiger partial charge in [0.1, 0.15) is 11.1 Å². The Morgan fingerprint density at radius 1 is 1.32 bits per heavy atom. The number of benzene rings is 1. The molecule has 2 aromatic rings. The van der Waals surface area contributed by atoms with Crippen LogP contribution in [0.5, 0.6) is 0 Å². The van der Waals surface area contributed by atoms with Gasteiger partial charge in [0.25, 0.3) is 0 Å². The average molecular weight is 271 g/mol. The van der Waals surface area contributed by atoms with Crippen LogP contribution in [-0.4, -0.2) is 17.9 Å². The van der Waals surface area contributed by atoms with Crippen LogP contribution in [0.2, 0.25) is 0 Å². The largest absolute Gasteiger partial charge is 0.316 e. The fraction of sp³-hybridized carbons (Fsp3) is 0.143. The highest BCUT2D eigenvalue weighted by atomic mass is 32.2. The molecule has 1 aromatic carbocycles. The second-order valence-corrected chi connectivity index (χ2v) is 5.46. The zero-order valence-corrected chi connectivity index (χ0v) is 11.2. The monoisotopic (exact) mass is 271 g/mol. The molecule has 0 fully saturated rings. The Bertz CT molecular complexity index is 630. The zero-order chi connectivity index (χ0) is 13.4. The molecule has 2 N–H and O–H groups in total. The minimum atomic E-state index is -0.533. The van der Waals surface area contributed by atoms with Crippen molar-refractivity contribution in [3.05, 3.63) is 48.2 Å². The summed E-state index contributed by atoms with van der Waals surface area (Å²) in [5.74, 6) is -0.0602. The molecule has 0 radical (unpaired) electrons. The molecule has 1 unspecified atom stereocenters. The van der Waals surface area contributed by atoms with E-state index in [1.54, 1.807) is 29.9 Å². The van der Waals surface area contributed by atoms with E-state index in [0.29, 0.717) is 0 Å². The molecule has 0 bridgehead atoms. The summed E-state index contributed by atoms with van der Waals surface area (Å²) in [4.78, 5) is 18.7. The summed E-state index contributed by atoms with van der Waals surface area (Å²) < 4.78 is 0. The molecular formula is C14H13N3OS. The number of aromatic nitrogens is 1. The van der Waals surface area contributed by atoms with E-state index in [9.17, 15) is 4.79 Å². The summed E-state index contributed by atoms with van der Waals surface area (Å²) in [5, 5.41) is 0.929. The molecule has 3 rings (SSSR count). The minimum Gasteiger partial charge on any atom is -0.316 e. The van der Waals surface area contributed by atoms with Crippen molar-refractivity contribution < 1.29 is 4.79 Å². The number of hydrogen-bond donors (Lipinski definition) is 1. The first-order valence-corrected chi connectivity index (χ1v) is 6.74. The van der Waals surface area contributed by atoms with Gasteiger partial charge in [-0.25, -0.2) is 4.98 Å². The van der Waals surface area contributed by atoms with E-state index in [0.717, 1.165) is 21.2 Å². The van der Waals surface area contributed by atoms with Gasteiger partial charge in [0.05, 0.1) is 0 Å². The number of anilines is 1. The second-order valence-electron chi connectivity index (χ2n) is 4.37. The van der Waals surface area contributed by atoms with Crippen LogP contribution in [0.15, 0.2) is 52.5 Å². The quantitative estimate of drug-likeness (QED) is 0.909. The molecule has 1 amide bonds. The summed E-state index contributed by atoms with van der Waals surface area (Å²) in [7, 11) is 1.75. The number of carbonyl (C=O) groups is 1. The Hall–Kier alpha value is -1.85. The summed E-state index contributed by atoms with van der Waals surface area (Å²) in [6, 6.07) is 11.1. The van der Waals surface area contributed by atoms with Crippen LogP contribution in [-0.2, 0) is 4.79 Å². The number of pyridine rings is 1. The van der Waals surface area contributed by atoms with Gasteiger partial charge in [0.2, 0.25) is 5.91 Å². The van der Waals surface area contributed by atoms with Gasteiger partial charge in [-0.2, -0.15) is 0 Å². The van der Waals surface area contributed by atoms with E-state index in [1.807, 2.05) is 36.4 Å². The number of carbonyl (C=O) groups excluding carboxylic acids is 1. The molecule has 2 heterocycles. The zero-order valence-electron chi connectivity index (χ0n) is 10.4. The number of hydrogen-bond acceptors (Lipinski definition) is 4. The molecule has 0 aliphatic carbocycles. The van der Waals surface area contributed by atoms with Gasteiger partial charge in [-0.3, -0.25) is 4.79 Å². The van der Waals surface area contributed by atoms with Crippen molar-refractivity contribution in [3.8, 4) is 0 Å². The maximum atomic E-state index is 11.8. The van der Waals surface area contributed by atoms with E-state index in [4.69, 9.17) is 5.73 Å². The third kappa shape index (κ3) is 2.11. The number of likely N-dealkylation sites (N-methyl/N-ethyl adjacent to an activating group) is 1. The molecule has 0 saturated heterocycles. The van der Waals surface area contributed by atoms with E-state index in [2.05, 4.69) is 4.98 Å². The lowest BCUT2D eigenvalue weighted by molar-refractivity contribution is -0.118. The SMILES string of the molecule is CN1C(=O)C(N)c2ccc(Sc3ccccn3)cc21. The Kier molecular flexibility index (Phi) is 3.00. The Balaban J connectivity index is 1.93. The summed E-state index contributed by atoms with van der Waals surface area (Å²) in [6.07, 6.45) is 1.77. The third-order valence-electron chi connectivity index (χ3n) is 3.16. The Morgan fingerprint density at radius 3 is 2.89 bits per heavy atom. The van der Waals surface area contributed by atoms with E-state index < -0.39 is 6.04 Å². The molecule has 4 nitrogen and oxygen atoms in total. The Morgan fingerprint density at radius 2 is 2.16 bits per heavy atom. The van der Waals surface area contributed by atoms with Gasteiger partial charge in [-0.1, -0.05) is 23.9 Å². The predicted molar refractivity (Wildman–Crippen MR) is 75.1 cm³/mol. The number of nitrogens with two attached hydrogens (primary N) is 1. The molecule has 0 saturated carbocycles. The van der Waals surface area contributed by atoms with Gasteiger partial charge in [-0.15, -0.1) is 0 Å². The van der Waals surface area contributed by atoms with Crippen molar-refractivity contribution in [2.45, 2.75) is 16.0 Å². The fourth-order valence-electron chi connectivity index (χ4n) is 2.13. The van der Waals surface area contributed by atoms with Gasteiger partial charge in [0.15, 0.2) is 0 Å². The Labute approximate surface area is 115 Å². The van der Waals surface area contributed by atoms with Crippen LogP contribution in [0.4, 0.5) is 5.69 Å². The first kappa shape index (κ1) is 12.2. The van der Waals surface area contributed by atoms with Crippen molar-refractivity contribution >= 4 is 23.4 Å². The van der Waals surface area contributed by atoms with Crippen LogP contribution in [0.3, 0.4) is 0 Å². The first-order valence-electron chi connectivity index (χ1n) is 5.93. The fourth-order valence-corrected chi connectivity index (χ4v) is 2.94. The maximum absolute atomic E-state index is 11.8. The predicted octanol–water partition coefficient (Wildman–Crippen LogP) is 2.21. The normalized spacial score (nSPS) is 17.7. The lowest BCUT2D eigenvalue weighted by Gasteiger charge is -2.10. The smallest absolute Gasteiger partial charge is 0.248 e. The van der Waals surface area contributed by atoms with Crippen molar-refractivity contribution in [2.24, 2.45) is 5.73 Å². The lowest BCUT2D eigenvalue weighted by atomic mass is 10.1. The second kappa shape index (κ2) is 4.68. The molecular weight excluding hydrogens is 258 g/mol. The number of amides is 1. The average Bonchev–Trinajstić information content (AvgIpc) is 2.65. The molecule has 0 spiro atoms. The van der Waals surface area contributed by atoms with Gasteiger partial charge in [0, 0.05) is 29.4 Å². The number of nitrogens with zero attached hydrogens (tertiary/aromatic N) is 2. The van der Waals surface area contributed by atoms with Crippen molar-refractivity contribution in [1.82, 2.24) is 4.98 Å².